The maximum atomic E-state index is 10.9. The molecule has 26 heavy (non-hydrogen) atoms. The number of benzene rings is 3. The number of rotatable bonds is 7. The second-order valence-corrected chi connectivity index (χ2v) is 5.96. The van der Waals surface area contributed by atoms with Gasteiger partial charge in [-0.3, -0.25) is 10.1 Å². The minimum Gasteiger partial charge on any atom is -0.497 e. The van der Waals surface area contributed by atoms with Crippen molar-refractivity contribution in [2.75, 3.05) is 12.4 Å². The Balaban J connectivity index is 1.86. The van der Waals surface area contributed by atoms with Gasteiger partial charge in [-0.2, -0.15) is 0 Å². The average Bonchev–Trinajstić information content (AvgIpc) is 2.69. The number of methoxy groups -OCH3 is 1. The predicted octanol–water partition coefficient (Wildman–Crippen LogP) is 5.00. The number of hydrogen-bond acceptors (Lipinski definition) is 4. The van der Waals surface area contributed by atoms with Gasteiger partial charge in [-0.05, 0) is 41.8 Å². The Labute approximate surface area is 152 Å². The van der Waals surface area contributed by atoms with Gasteiger partial charge in [0.1, 0.15) is 5.75 Å². The van der Waals surface area contributed by atoms with Gasteiger partial charge in [0.2, 0.25) is 0 Å². The van der Waals surface area contributed by atoms with Crippen molar-refractivity contribution in [1.82, 2.24) is 0 Å². The van der Waals surface area contributed by atoms with Crippen LogP contribution in [0.1, 0.15) is 17.2 Å². The SMILES string of the molecule is COc1ccc(NC(Cc2ccccc2)c2ccc([N+](=O)[O-])cc2)cc1. The van der Waals surface area contributed by atoms with Crippen molar-refractivity contribution in [3.63, 3.8) is 0 Å². The van der Waals surface area contributed by atoms with Crippen molar-refractivity contribution in [2.45, 2.75) is 12.5 Å². The molecule has 0 spiro atoms. The van der Waals surface area contributed by atoms with Crippen LogP contribution in [0.4, 0.5) is 11.4 Å². The Kier molecular flexibility index (Phi) is 5.49. The summed E-state index contributed by atoms with van der Waals surface area (Å²) in [6.45, 7) is 0. The third-order valence-electron chi connectivity index (χ3n) is 4.22. The molecule has 0 bridgehead atoms. The van der Waals surface area contributed by atoms with Crippen LogP contribution in [0.15, 0.2) is 78.9 Å². The third kappa shape index (κ3) is 4.39. The highest BCUT2D eigenvalue weighted by atomic mass is 16.6. The third-order valence-corrected chi connectivity index (χ3v) is 4.22. The summed E-state index contributed by atoms with van der Waals surface area (Å²) in [4.78, 5) is 10.5. The van der Waals surface area contributed by atoms with E-state index in [1.54, 1.807) is 19.2 Å². The van der Waals surface area contributed by atoms with Crippen molar-refractivity contribution < 1.29 is 9.66 Å². The van der Waals surface area contributed by atoms with E-state index < -0.39 is 0 Å². The molecule has 1 N–H and O–H groups in total. The highest BCUT2D eigenvalue weighted by molar-refractivity contribution is 5.49. The fraction of sp³-hybridized carbons (Fsp3) is 0.143. The molecule has 0 saturated carbocycles. The van der Waals surface area contributed by atoms with E-state index in [2.05, 4.69) is 17.4 Å². The van der Waals surface area contributed by atoms with E-state index in [0.717, 1.165) is 23.4 Å². The first-order valence-electron chi connectivity index (χ1n) is 8.34. The van der Waals surface area contributed by atoms with Crippen molar-refractivity contribution in [3.05, 3.63) is 100 Å². The fourth-order valence-corrected chi connectivity index (χ4v) is 2.82. The summed E-state index contributed by atoms with van der Waals surface area (Å²) in [5.74, 6) is 0.797. The van der Waals surface area contributed by atoms with Crippen LogP contribution < -0.4 is 10.1 Å². The molecule has 1 unspecified atom stereocenters. The number of anilines is 1. The molecule has 3 aromatic rings. The lowest BCUT2D eigenvalue weighted by molar-refractivity contribution is -0.384. The van der Waals surface area contributed by atoms with Gasteiger partial charge in [-0.15, -0.1) is 0 Å². The topological polar surface area (TPSA) is 64.4 Å². The summed E-state index contributed by atoms with van der Waals surface area (Å²) in [5, 5.41) is 14.4. The Bertz CT molecular complexity index is 847. The molecule has 5 heteroatoms. The molecular weight excluding hydrogens is 328 g/mol. The van der Waals surface area contributed by atoms with Crippen molar-refractivity contribution in [2.24, 2.45) is 0 Å². The summed E-state index contributed by atoms with van der Waals surface area (Å²) in [6, 6.07) is 24.6. The summed E-state index contributed by atoms with van der Waals surface area (Å²) in [7, 11) is 1.64. The van der Waals surface area contributed by atoms with E-state index >= 15 is 0 Å². The molecule has 0 heterocycles. The predicted molar refractivity (Wildman–Crippen MR) is 103 cm³/mol. The van der Waals surface area contributed by atoms with E-state index in [1.807, 2.05) is 54.6 Å². The first-order valence-corrected chi connectivity index (χ1v) is 8.34. The number of non-ortho nitro benzene ring substituents is 1. The lowest BCUT2D eigenvalue weighted by Gasteiger charge is -2.21. The Morgan fingerprint density at radius 3 is 2.19 bits per heavy atom. The van der Waals surface area contributed by atoms with Gasteiger partial charge >= 0.3 is 0 Å². The minimum atomic E-state index is -0.382. The number of hydrogen-bond donors (Lipinski definition) is 1. The largest absolute Gasteiger partial charge is 0.497 e. The minimum absolute atomic E-state index is 0.00778. The number of nitrogens with zero attached hydrogens (tertiary/aromatic N) is 1. The lowest BCUT2D eigenvalue weighted by Crippen LogP contribution is -2.13. The number of nitro benzene ring substituents is 1. The van der Waals surface area contributed by atoms with E-state index in [1.165, 1.54) is 5.56 Å². The first kappa shape index (κ1) is 17.5. The molecule has 132 valence electrons. The van der Waals surface area contributed by atoms with Crippen LogP contribution in [0, 0.1) is 10.1 Å². The monoisotopic (exact) mass is 348 g/mol. The van der Waals surface area contributed by atoms with Gasteiger partial charge in [-0.1, -0.05) is 42.5 Å². The van der Waals surface area contributed by atoms with Crippen LogP contribution >= 0.6 is 0 Å². The van der Waals surface area contributed by atoms with E-state index in [9.17, 15) is 10.1 Å². The number of nitrogens with one attached hydrogen (secondary N) is 1. The molecule has 0 fully saturated rings. The molecular formula is C21H20N2O3. The first-order chi connectivity index (χ1) is 12.7. The second kappa shape index (κ2) is 8.16. The zero-order valence-electron chi connectivity index (χ0n) is 14.5. The van der Waals surface area contributed by atoms with Crippen molar-refractivity contribution in [1.29, 1.82) is 0 Å². The average molecular weight is 348 g/mol. The van der Waals surface area contributed by atoms with E-state index in [4.69, 9.17) is 4.74 Å². The summed E-state index contributed by atoms with van der Waals surface area (Å²) in [5.41, 5.74) is 3.24. The summed E-state index contributed by atoms with van der Waals surface area (Å²) >= 11 is 0. The fourth-order valence-electron chi connectivity index (χ4n) is 2.82. The molecule has 0 aliphatic carbocycles. The standard InChI is InChI=1S/C21H20N2O3/c1-26-20-13-9-18(10-14-20)22-21(15-16-5-3-2-4-6-16)17-7-11-19(12-8-17)23(24)25/h2-14,21-22H,15H2,1H3. The Morgan fingerprint density at radius 1 is 0.962 bits per heavy atom. The lowest BCUT2D eigenvalue weighted by atomic mass is 9.98. The normalized spacial score (nSPS) is 11.6. The highest BCUT2D eigenvalue weighted by Gasteiger charge is 2.14. The van der Waals surface area contributed by atoms with Crippen LogP contribution in [-0.2, 0) is 6.42 Å². The molecule has 0 aromatic heterocycles. The van der Waals surface area contributed by atoms with Crippen LogP contribution in [-0.4, -0.2) is 12.0 Å². The molecule has 0 radical (unpaired) electrons. The van der Waals surface area contributed by atoms with Gasteiger partial charge in [-0.25, -0.2) is 0 Å². The van der Waals surface area contributed by atoms with Gasteiger partial charge in [0.25, 0.3) is 5.69 Å². The van der Waals surface area contributed by atoms with Crippen LogP contribution in [0.3, 0.4) is 0 Å². The zero-order chi connectivity index (χ0) is 18.4. The van der Waals surface area contributed by atoms with Crippen LogP contribution in [0.5, 0.6) is 5.75 Å². The highest BCUT2D eigenvalue weighted by Crippen LogP contribution is 2.26. The number of ether oxygens (including phenoxy) is 1. The summed E-state index contributed by atoms with van der Waals surface area (Å²) < 4.78 is 5.20. The zero-order valence-corrected chi connectivity index (χ0v) is 14.5. The molecule has 0 aliphatic heterocycles. The molecule has 0 aliphatic rings. The van der Waals surface area contributed by atoms with Gasteiger partial charge in [0.15, 0.2) is 0 Å². The van der Waals surface area contributed by atoms with Gasteiger partial charge < -0.3 is 10.1 Å². The van der Waals surface area contributed by atoms with E-state index in [-0.39, 0.29) is 16.7 Å². The molecule has 3 aromatic carbocycles. The molecule has 3 rings (SSSR count). The quantitative estimate of drug-likeness (QED) is 0.482. The van der Waals surface area contributed by atoms with Crippen molar-refractivity contribution in [3.8, 4) is 5.75 Å². The van der Waals surface area contributed by atoms with Gasteiger partial charge in [0.05, 0.1) is 18.1 Å². The summed E-state index contributed by atoms with van der Waals surface area (Å²) in [6.07, 6.45) is 0.769. The molecule has 0 amide bonds. The Hall–Kier alpha value is -3.34. The van der Waals surface area contributed by atoms with Crippen molar-refractivity contribution >= 4 is 11.4 Å². The molecule has 5 nitrogen and oxygen atoms in total. The maximum Gasteiger partial charge on any atom is 0.269 e. The van der Waals surface area contributed by atoms with Gasteiger partial charge in [0, 0.05) is 17.8 Å². The van der Waals surface area contributed by atoms with Crippen LogP contribution in [0.25, 0.3) is 0 Å². The number of nitro groups is 1. The van der Waals surface area contributed by atoms with E-state index in [0.29, 0.717) is 0 Å². The van der Waals surface area contributed by atoms with Crippen LogP contribution in [0.2, 0.25) is 0 Å². The Morgan fingerprint density at radius 2 is 1.62 bits per heavy atom. The molecule has 1 atom stereocenters. The second-order valence-electron chi connectivity index (χ2n) is 5.96. The maximum absolute atomic E-state index is 10.9. The molecule has 0 saturated heterocycles. The smallest absolute Gasteiger partial charge is 0.269 e.